The van der Waals surface area contributed by atoms with Gasteiger partial charge in [-0.3, -0.25) is 19.4 Å². The van der Waals surface area contributed by atoms with Crippen molar-refractivity contribution < 1.29 is 14.4 Å². The molecule has 1 spiro atoms. The number of carbonyl (C=O) groups excluding carboxylic acids is 3. The van der Waals surface area contributed by atoms with Crippen LogP contribution in [-0.4, -0.2) is 34.6 Å². The summed E-state index contributed by atoms with van der Waals surface area (Å²) in [5.74, 6) is -1.84. The molecule has 7 rings (SSSR count). The highest BCUT2D eigenvalue weighted by Crippen LogP contribution is 2.65. The van der Waals surface area contributed by atoms with Crippen molar-refractivity contribution in [1.82, 2.24) is 5.01 Å². The summed E-state index contributed by atoms with van der Waals surface area (Å²) in [6.45, 7) is 0. The molecule has 0 bridgehead atoms. The molecule has 5 nitrogen and oxygen atoms in total. The van der Waals surface area contributed by atoms with Crippen molar-refractivity contribution >= 4 is 46.8 Å². The first-order valence-corrected chi connectivity index (χ1v) is 13.3. The van der Waals surface area contributed by atoms with E-state index < -0.39 is 23.4 Å². The monoisotopic (exact) mass is 550 g/mol. The first kappa shape index (κ1) is 24.0. The number of hydrogen-bond acceptors (Lipinski definition) is 5. The number of hydrogen-bond donors (Lipinski definition) is 0. The zero-order valence-corrected chi connectivity index (χ0v) is 21.9. The fourth-order valence-electron chi connectivity index (χ4n) is 6.65. The summed E-state index contributed by atoms with van der Waals surface area (Å²) in [4.78, 5) is 43.8. The average molecular weight is 551 g/mol. The van der Waals surface area contributed by atoms with E-state index in [4.69, 9.17) is 28.3 Å². The second kappa shape index (κ2) is 8.73. The Morgan fingerprint density at radius 1 is 0.769 bits per heavy atom. The predicted molar refractivity (Wildman–Crippen MR) is 150 cm³/mol. The summed E-state index contributed by atoms with van der Waals surface area (Å²) in [6, 6.07) is 26.5. The van der Waals surface area contributed by atoms with E-state index in [-0.39, 0.29) is 22.4 Å². The van der Waals surface area contributed by atoms with E-state index in [2.05, 4.69) is 0 Å². The second-order valence-corrected chi connectivity index (χ2v) is 10.9. The van der Waals surface area contributed by atoms with Crippen molar-refractivity contribution in [3.8, 4) is 0 Å². The summed E-state index contributed by atoms with van der Waals surface area (Å²) in [7, 11) is 0. The third-order valence-electron chi connectivity index (χ3n) is 8.20. The predicted octanol–water partition coefficient (Wildman–Crippen LogP) is 6.80. The van der Waals surface area contributed by atoms with Gasteiger partial charge in [-0.05, 0) is 28.8 Å². The third-order valence-corrected chi connectivity index (χ3v) is 8.76. The lowest BCUT2D eigenvalue weighted by atomic mass is 9.63. The molecule has 4 aromatic carbocycles. The number of fused-ring (bicyclic) bond motifs is 5. The van der Waals surface area contributed by atoms with Crippen LogP contribution in [0.3, 0.4) is 0 Å². The summed E-state index contributed by atoms with van der Waals surface area (Å²) < 4.78 is 0. The number of nitrogens with zero attached hydrogens (tertiary/aromatic N) is 2. The molecule has 3 aliphatic rings. The highest BCUT2D eigenvalue weighted by molar-refractivity contribution is 6.36. The van der Waals surface area contributed by atoms with Crippen LogP contribution in [0.4, 0.5) is 0 Å². The minimum Gasteiger partial charge on any atom is -0.293 e. The topological polar surface area (TPSA) is 66.8 Å². The van der Waals surface area contributed by atoms with Gasteiger partial charge in [-0.25, -0.2) is 0 Å². The maximum Gasteiger partial charge on any atom is 0.187 e. The Balaban J connectivity index is 1.58. The van der Waals surface area contributed by atoms with Crippen LogP contribution >= 0.6 is 23.2 Å². The SMILES string of the molecule is O=C(c1ccccc1)C1C(c2ccc(Cl)cc2Cl)C2(C(=O)c3ccccc3C2=O)C2c3ccccc3C=NN12. The average Bonchev–Trinajstić information content (AvgIpc) is 3.39. The highest BCUT2D eigenvalue weighted by atomic mass is 35.5. The van der Waals surface area contributed by atoms with Crippen LogP contribution in [0.5, 0.6) is 0 Å². The van der Waals surface area contributed by atoms with E-state index in [1.807, 2.05) is 30.3 Å². The quantitative estimate of drug-likeness (QED) is 0.208. The van der Waals surface area contributed by atoms with Crippen LogP contribution < -0.4 is 0 Å². The zero-order chi connectivity index (χ0) is 26.9. The largest absolute Gasteiger partial charge is 0.293 e. The Morgan fingerprint density at radius 3 is 2.10 bits per heavy atom. The minimum absolute atomic E-state index is 0.249. The van der Waals surface area contributed by atoms with E-state index in [1.54, 1.807) is 78.0 Å². The molecule has 0 amide bonds. The molecule has 2 heterocycles. The fourth-order valence-corrected chi connectivity index (χ4v) is 7.17. The fraction of sp³-hybridized carbons (Fsp3) is 0.125. The van der Waals surface area contributed by atoms with Gasteiger partial charge in [0.05, 0.1) is 12.3 Å². The summed E-state index contributed by atoms with van der Waals surface area (Å²) >= 11 is 13.1. The standard InChI is InChI=1S/C32H20Cl2N2O3/c33-20-14-15-24(25(34)16-20)26-27(28(37)18-8-2-1-3-9-18)36-29(21-11-5-4-10-19(21)17-35-36)32(26)30(38)22-12-6-7-13-23(22)31(32)39/h1-17,26-27,29H. The van der Waals surface area contributed by atoms with Gasteiger partial charge < -0.3 is 0 Å². The molecular formula is C32H20Cl2N2O3. The molecule has 4 aromatic rings. The van der Waals surface area contributed by atoms with Crippen LogP contribution in [0.2, 0.25) is 10.0 Å². The van der Waals surface area contributed by atoms with Gasteiger partial charge in [-0.1, -0.05) is 108 Å². The van der Waals surface area contributed by atoms with Crippen molar-refractivity contribution in [3.63, 3.8) is 0 Å². The van der Waals surface area contributed by atoms with Gasteiger partial charge in [-0.15, -0.1) is 0 Å². The van der Waals surface area contributed by atoms with E-state index in [9.17, 15) is 14.4 Å². The van der Waals surface area contributed by atoms with E-state index >= 15 is 0 Å². The first-order valence-electron chi connectivity index (χ1n) is 12.6. The minimum atomic E-state index is -1.68. The van der Waals surface area contributed by atoms with Crippen LogP contribution in [-0.2, 0) is 0 Å². The van der Waals surface area contributed by atoms with Gasteiger partial charge in [0.15, 0.2) is 17.3 Å². The smallest absolute Gasteiger partial charge is 0.187 e. The van der Waals surface area contributed by atoms with E-state index in [0.717, 1.165) is 11.1 Å². The van der Waals surface area contributed by atoms with Crippen molar-refractivity contribution in [2.45, 2.75) is 18.0 Å². The number of rotatable bonds is 3. The van der Waals surface area contributed by atoms with Crippen LogP contribution in [0, 0.1) is 5.41 Å². The normalized spacial score (nSPS) is 22.1. The zero-order valence-electron chi connectivity index (χ0n) is 20.4. The maximum absolute atomic E-state index is 14.7. The Bertz CT molecular complexity index is 1700. The Kier molecular flexibility index (Phi) is 5.38. The van der Waals surface area contributed by atoms with E-state index in [0.29, 0.717) is 27.3 Å². The summed E-state index contributed by atoms with van der Waals surface area (Å²) in [5, 5.41) is 7.11. The van der Waals surface area contributed by atoms with Gasteiger partial charge in [0.1, 0.15) is 11.5 Å². The second-order valence-electron chi connectivity index (χ2n) is 10.0. The summed E-state index contributed by atoms with van der Waals surface area (Å²) in [6.07, 6.45) is 1.69. The van der Waals surface area contributed by atoms with E-state index in [1.165, 1.54) is 0 Å². The lowest BCUT2D eigenvalue weighted by molar-refractivity contribution is 0.0586. The first-order chi connectivity index (χ1) is 18.9. The molecule has 0 radical (unpaired) electrons. The Hall–Kier alpha value is -4.06. The molecule has 190 valence electrons. The molecule has 1 fully saturated rings. The molecule has 0 N–H and O–H groups in total. The maximum atomic E-state index is 14.7. The molecule has 0 aromatic heterocycles. The molecule has 39 heavy (non-hydrogen) atoms. The van der Waals surface area contributed by atoms with Crippen molar-refractivity contribution in [2.75, 3.05) is 0 Å². The van der Waals surface area contributed by atoms with Gasteiger partial charge in [0.2, 0.25) is 0 Å². The number of hydrazone groups is 1. The molecule has 7 heteroatoms. The number of benzene rings is 4. The lowest BCUT2D eigenvalue weighted by Crippen LogP contribution is -2.44. The molecular weight excluding hydrogens is 531 g/mol. The van der Waals surface area contributed by atoms with Crippen LogP contribution in [0.15, 0.2) is 102 Å². The van der Waals surface area contributed by atoms with Crippen molar-refractivity contribution in [3.05, 3.63) is 140 Å². The Labute approximate surface area is 234 Å². The highest BCUT2D eigenvalue weighted by Gasteiger charge is 2.73. The van der Waals surface area contributed by atoms with Crippen molar-refractivity contribution in [2.24, 2.45) is 10.5 Å². The van der Waals surface area contributed by atoms with Gasteiger partial charge in [-0.2, -0.15) is 5.10 Å². The molecule has 1 aliphatic carbocycles. The molecule has 3 atom stereocenters. The Morgan fingerprint density at radius 2 is 1.41 bits per heavy atom. The summed E-state index contributed by atoms with van der Waals surface area (Å²) in [5.41, 5.74) is 1.54. The number of Topliss-reactive ketones (excluding diaryl/α,β-unsaturated/α-hetero) is 3. The van der Waals surface area contributed by atoms with Crippen molar-refractivity contribution in [1.29, 1.82) is 0 Å². The van der Waals surface area contributed by atoms with Crippen LogP contribution in [0.25, 0.3) is 0 Å². The molecule has 1 saturated heterocycles. The van der Waals surface area contributed by atoms with Crippen LogP contribution in [0.1, 0.15) is 59.7 Å². The number of halogens is 2. The van der Waals surface area contributed by atoms with Gasteiger partial charge >= 0.3 is 0 Å². The molecule has 0 saturated carbocycles. The number of ketones is 3. The van der Waals surface area contributed by atoms with Gasteiger partial charge in [0, 0.05) is 32.7 Å². The number of carbonyl (C=O) groups is 3. The molecule has 2 aliphatic heterocycles. The lowest BCUT2D eigenvalue weighted by Gasteiger charge is -2.36. The van der Waals surface area contributed by atoms with Gasteiger partial charge in [0.25, 0.3) is 0 Å². The third kappa shape index (κ3) is 3.20. The molecule has 3 unspecified atom stereocenters.